The van der Waals surface area contributed by atoms with Gasteiger partial charge in [-0.3, -0.25) is 4.90 Å². The standard InChI is InChI=1S/C18H28N2O2S/c1-14-17(7-12-23-14)19-13-18(20-8-10-22-11-9-20)15-3-5-16(21-2)6-4-15/h3-6,14,17-19H,7-13H2,1-2H3. The summed E-state index contributed by atoms with van der Waals surface area (Å²) in [6.07, 6.45) is 1.28. The molecule has 2 fully saturated rings. The molecular weight excluding hydrogens is 308 g/mol. The molecule has 1 N–H and O–H groups in total. The van der Waals surface area contributed by atoms with E-state index in [4.69, 9.17) is 9.47 Å². The number of morpholine rings is 1. The summed E-state index contributed by atoms with van der Waals surface area (Å²) in [5.41, 5.74) is 1.36. The lowest BCUT2D eigenvalue weighted by Crippen LogP contribution is -2.45. The first-order valence-electron chi connectivity index (χ1n) is 8.58. The molecule has 3 unspecified atom stereocenters. The van der Waals surface area contributed by atoms with Crippen molar-refractivity contribution in [2.24, 2.45) is 0 Å². The maximum atomic E-state index is 5.53. The summed E-state index contributed by atoms with van der Waals surface area (Å²) in [5.74, 6) is 2.20. The Labute approximate surface area is 143 Å². The molecule has 0 aromatic heterocycles. The zero-order valence-corrected chi connectivity index (χ0v) is 15.0. The van der Waals surface area contributed by atoms with Crippen molar-refractivity contribution in [1.82, 2.24) is 10.2 Å². The average molecular weight is 337 g/mol. The lowest BCUT2D eigenvalue weighted by molar-refractivity contribution is 0.0156. The summed E-state index contributed by atoms with van der Waals surface area (Å²) in [4.78, 5) is 2.55. The van der Waals surface area contributed by atoms with Gasteiger partial charge in [-0.05, 0) is 29.9 Å². The SMILES string of the molecule is COc1ccc(C(CNC2CCSC2C)N2CCOCC2)cc1. The number of ether oxygens (including phenoxy) is 2. The van der Waals surface area contributed by atoms with Crippen LogP contribution in [0.5, 0.6) is 5.75 Å². The molecule has 128 valence electrons. The zero-order valence-electron chi connectivity index (χ0n) is 14.2. The molecule has 0 saturated carbocycles. The van der Waals surface area contributed by atoms with Crippen molar-refractivity contribution in [1.29, 1.82) is 0 Å². The van der Waals surface area contributed by atoms with Gasteiger partial charge in [0, 0.05) is 37.0 Å². The number of methoxy groups -OCH3 is 1. The van der Waals surface area contributed by atoms with Crippen LogP contribution in [0, 0.1) is 0 Å². The number of hydrogen-bond donors (Lipinski definition) is 1. The Morgan fingerprint density at radius 2 is 2.04 bits per heavy atom. The van der Waals surface area contributed by atoms with E-state index in [9.17, 15) is 0 Å². The van der Waals surface area contributed by atoms with E-state index in [0.717, 1.165) is 43.8 Å². The number of thioether (sulfide) groups is 1. The molecule has 3 rings (SSSR count). The minimum Gasteiger partial charge on any atom is -0.497 e. The molecule has 23 heavy (non-hydrogen) atoms. The smallest absolute Gasteiger partial charge is 0.118 e. The summed E-state index contributed by atoms with van der Waals surface area (Å²) in [6, 6.07) is 9.58. The van der Waals surface area contributed by atoms with Gasteiger partial charge in [-0.1, -0.05) is 19.1 Å². The minimum absolute atomic E-state index is 0.405. The topological polar surface area (TPSA) is 33.7 Å². The summed E-state index contributed by atoms with van der Waals surface area (Å²) in [5, 5.41) is 4.54. The fourth-order valence-electron chi connectivity index (χ4n) is 3.44. The van der Waals surface area contributed by atoms with Gasteiger partial charge in [0.15, 0.2) is 0 Å². The van der Waals surface area contributed by atoms with Crippen molar-refractivity contribution in [2.45, 2.75) is 30.7 Å². The zero-order chi connectivity index (χ0) is 16.1. The monoisotopic (exact) mass is 336 g/mol. The van der Waals surface area contributed by atoms with Gasteiger partial charge in [0.05, 0.1) is 20.3 Å². The van der Waals surface area contributed by atoms with Crippen LogP contribution in [-0.2, 0) is 4.74 Å². The number of benzene rings is 1. The Hall–Kier alpha value is -0.750. The van der Waals surface area contributed by atoms with Gasteiger partial charge in [0.25, 0.3) is 0 Å². The third-order valence-electron chi connectivity index (χ3n) is 4.94. The largest absolute Gasteiger partial charge is 0.497 e. The lowest BCUT2D eigenvalue weighted by Gasteiger charge is -2.36. The quantitative estimate of drug-likeness (QED) is 0.863. The molecule has 2 aliphatic rings. The van der Waals surface area contributed by atoms with Crippen molar-refractivity contribution < 1.29 is 9.47 Å². The van der Waals surface area contributed by atoms with Crippen LogP contribution >= 0.6 is 11.8 Å². The number of nitrogens with zero attached hydrogens (tertiary/aromatic N) is 1. The molecule has 0 aliphatic carbocycles. The van der Waals surface area contributed by atoms with Gasteiger partial charge in [-0.15, -0.1) is 0 Å². The summed E-state index contributed by atoms with van der Waals surface area (Å²) in [6.45, 7) is 7.03. The van der Waals surface area contributed by atoms with Gasteiger partial charge in [-0.25, -0.2) is 0 Å². The molecule has 2 heterocycles. The highest BCUT2D eigenvalue weighted by Crippen LogP contribution is 2.28. The molecule has 0 bridgehead atoms. The van der Waals surface area contributed by atoms with E-state index in [2.05, 4.69) is 53.2 Å². The third kappa shape index (κ3) is 4.41. The minimum atomic E-state index is 0.405. The summed E-state index contributed by atoms with van der Waals surface area (Å²) < 4.78 is 10.8. The highest BCUT2D eigenvalue weighted by atomic mass is 32.2. The number of rotatable bonds is 6. The molecule has 4 nitrogen and oxygen atoms in total. The predicted octanol–water partition coefficient (Wildman–Crippen LogP) is 2.55. The van der Waals surface area contributed by atoms with Gasteiger partial charge in [-0.2, -0.15) is 11.8 Å². The first-order chi connectivity index (χ1) is 11.3. The number of hydrogen-bond acceptors (Lipinski definition) is 5. The summed E-state index contributed by atoms with van der Waals surface area (Å²) in [7, 11) is 1.72. The van der Waals surface area contributed by atoms with Crippen LogP contribution in [0.3, 0.4) is 0 Å². The van der Waals surface area contributed by atoms with Gasteiger partial charge >= 0.3 is 0 Å². The Morgan fingerprint density at radius 3 is 2.65 bits per heavy atom. The molecule has 0 amide bonds. The number of nitrogens with one attached hydrogen (secondary N) is 1. The van der Waals surface area contributed by atoms with Crippen LogP contribution < -0.4 is 10.1 Å². The first-order valence-corrected chi connectivity index (χ1v) is 9.63. The van der Waals surface area contributed by atoms with Crippen molar-refractivity contribution in [3.63, 3.8) is 0 Å². The van der Waals surface area contributed by atoms with E-state index in [1.807, 2.05) is 0 Å². The van der Waals surface area contributed by atoms with Crippen LogP contribution in [0.15, 0.2) is 24.3 Å². The van der Waals surface area contributed by atoms with E-state index >= 15 is 0 Å². The lowest BCUT2D eigenvalue weighted by atomic mass is 10.0. The molecule has 0 radical (unpaired) electrons. The Bertz CT molecular complexity index is 476. The molecule has 5 heteroatoms. The maximum absolute atomic E-state index is 5.53. The van der Waals surface area contributed by atoms with Crippen molar-refractivity contribution >= 4 is 11.8 Å². The Kier molecular flexibility index (Phi) is 6.22. The Balaban J connectivity index is 1.69. The second-order valence-corrected chi connectivity index (χ2v) is 7.80. The van der Waals surface area contributed by atoms with E-state index in [0.29, 0.717) is 12.1 Å². The Morgan fingerprint density at radius 1 is 1.30 bits per heavy atom. The third-order valence-corrected chi connectivity index (χ3v) is 6.26. The molecule has 2 aliphatic heterocycles. The van der Waals surface area contributed by atoms with E-state index in [1.165, 1.54) is 17.7 Å². The normalized spacial score (nSPS) is 27.0. The first kappa shape index (κ1) is 17.1. The molecule has 1 aromatic carbocycles. The highest BCUT2D eigenvalue weighted by Gasteiger charge is 2.27. The van der Waals surface area contributed by atoms with Gasteiger partial charge in [0.2, 0.25) is 0 Å². The second kappa shape index (κ2) is 8.38. The second-order valence-electron chi connectivity index (χ2n) is 6.32. The molecule has 3 atom stereocenters. The molecule has 1 aromatic rings. The maximum Gasteiger partial charge on any atom is 0.118 e. The predicted molar refractivity (Wildman–Crippen MR) is 96.5 cm³/mol. The summed E-state index contributed by atoms with van der Waals surface area (Å²) >= 11 is 2.08. The van der Waals surface area contributed by atoms with Crippen LogP contribution in [0.1, 0.15) is 24.9 Å². The molecular formula is C18H28N2O2S. The molecule has 2 saturated heterocycles. The van der Waals surface area contributed by atoms with Gasteiger partial charge < -0.3 is 14.8 Å². The van der Waals surface area contributed by atoms with Crippen molar-refractivity contribution in [3.05, 3.63) is 29.8 Å². The fraction of sp³-hybridized carbons (Fsp3) is 0.667. The fourth-order valence-corrected chi connectivity index (χ4v) is 4.66. The van der Waals surface area contributed by atoms with Crippen molar-refractivity contribution in [2.75, 3.05) is 45.7 Å². The average Bonchev–Trinajstić information content (AvgIpc) is 3.02. The van der Waals surface area contributed by atoms with Crippen LogP contribution in [0.4, 0.5) is 0 Å². The highest BCUT2D eigenvalue weighted by molar-refractivity contribution is 8.00. The van der Waals surface area contributed by atoms with Crippen LogP contribution in [0.25, 0.3) is 0 Å². The van der Waals surface area contributed by atoms with Crippen LogP contribution in [-0.4, -0.2) is 61.9 Å². The van der Waals surface area contributed by atoms with Gasteiger partial charge in [0.1, 0.15) is 5.75 Å². The van der Waals surface area contributed by atoms with E-state index < -0.39 is 0 Å². The van der Waals surface area contributed by atoms with E-state index in [1.54, 1.807) is 7.11 Å². The van der Waals surface area contributed by atoms with Crippen LogP contribution in [0.2, 0.25) is 0 Å². The van der Waals surface area contributed by atoms with Crippen molar-refractivity contribution in [3.8, 4) is 5.75 Å². The molecule has 0 spiro atoms. The van der Waals surface area contributed by atoms with E-state index in [-0.39, 0.29) is 0 Å².